The Balaban J connectivity index is 1.24. The number of hydrogen-bond acceptors (Lipinski definition) is 3. The Hall–Kier alpha value is -6.97. The molecule has 1 aromatic heterocycles. The van der Waals surface area contributed by atoms with E-state index in [2.05, 4.69) is 201 Å². The molecule has 0 N–H and O–H groups in total. The molecule has 3 heteroatoms. The summed E-state index contributed by atoms with van der Waals surface area (Å²) in [6, 6.07) is 62.7. The predicted octanol–water partition coefficient (Wildman–Crippen LogP) is 13.8. The normalized spacial score (nSPS) is 11.9. The Morgan fingerprint density at radius 1 is 0.491 bits per heavy atom. The van der Waals surface area contributed by atoms with E-state index in [9.17, 15) is 0 Å². The maximum atomic E-state index is 5.32. The highest BCUT2D eigenvalue weighted by molar-refractivity contribution is 6.21. The van der Waals surface area contributed by atoms with Crippen molar-refractivity contribution in [2.45, 2.75) is 13.8 Å². The second-order valence-corrected chi connectivity index (χ2v) is 13.7. The molecule has 0 amide bonds. The lowest BCUT2D eigenvalue weighted by Gasteiger charge is -2.18. The quantitative estimate of drug-likeness (QED) is 0.117. The number of rotatable bonds is 8. The number of nitrogens with zero attached hydrogens (tertiary/aromatic N) is 3. The number of fused-ring (bicyclic) bond motifs is 3. The van der Waals surface area contributed by atoms with E-state index < -0.39 is 0 Å². The summed E-state index contributed by atoms with van der Waals surface area (Å²) in [6.45, 7) is 4.85. The molecule has 0 saturated carbocycles. The molecule has 0 aliphatic rings. The highest BCUT2D eigenvalue weighted by atomic mass is 14.9. The summed E-state index contributed by atoms with van der Waals surface area (Å²) in [4.78, 5) is 15.1. The van der Waals surface area contributed by atoms with Gasteiger partial charge < -0.3 is 0 Å². The van der Waals surface area contributed by atoms with Gasteiger partial charge >= 0.3 is 0 Å². The summed E-state index contributed by atoms with van der Waals surface area (Å²) in [5.41, 5.74) is 11.9. The van der Waals surface area contributed by atoms with E-state index in [0.717, 1.165) is 56.7 Å². The highest BCUT2D eigenvalue weighted by Crippen LogP contribution is 2.44. The molecule has 262 valence electrons. The highest BCUT2D eigenvalue weighted by Gasteiger charge is 2.18. The Morgan fingerprint density at radius 3 is 1.71 bits per heavy atom. The predicted molar refractivity (Wildman–Crippen MR) is 234 cm³/mol. The largest absolute Gasteiger partial charge is 0.293 e. The topological polar surface area (TPSA) is 38.1 Å². The van der Waals surface area contributed by atoms with Gasteiger partial charge in [-0.1, -0.05) is 170 Å². The smallest absolute Gasteiger partial charge is 0.160 e. The van der Waals surface area contributed by atoms with Crippen LogP contribution in [0.1, 0.15) is 19.4 Å². The zero-order chi connectivity index (χ0) is 37.1. The van der Waals surface area contributed by atoms with E-state index in [0.29, 0.717) is 5.82 Å². The van der Waals surface area contributed by atoms with Crippen molar-refractivity contribution in [3.8, 4) is 56.2 Å². The summed E-state index contributed by atoms with van der Waals surface area (Å²) in [6.07, 6.45) is 4.05. The van der Waals surface area contributed by atoms with Crippen LogP contribution < -0.4 is 0 Å². The van der Waals surface area contributed by atoms with Crippen molar-refractivity contribution in [3.63, 3.8) is 0 Å². The average Bonchev–Trinajstić information content (AvgIpc) is 3.26. The van der Waals surface area contributed by atoms with Crippen molar-refractivity contribution < 1.29 is 0 Å². The van der Waals surface area contributed by atoms with Gasteiger partial charge in [-0.05, 0) is 91.7 Å². The molecule has 0 saturated heterocycles. The number of allylic oxidation sites excluding steroid dienone is 2. The Kier molecular flexibility index (Phi) is 9.11. The first-order valence-corrected chi connectivity index (χ1v) is 18.9. The van der Waals surface area contributed by atoms with Crippen LogP contribution in [0.15, 0.2) is 187 Å². The minimum Gasteiger partial charge on any atom is -0.293 e. The van der Waals surface area contributed by atoms with Crippen molar-refractivity contribution in [1.29, 1.82) is 0 Å². The van der Waals surface area contributed by atoms with E-state index in [4.69, 9.17) is 9.97 Å². The van der Waals surface area contributed by atoms with Gasteiger partial charge in [-0.2, -0.15) is 0 Å². The standard InChI is InChI=1S/C52H39N3/c1-3-35(34-53-4-2)36-28-30-38(31-29-36)48-33-49(43-27-15-19-37-16-8-9-22-42(37)43)55-52(54-48)41-21-14-20-40(32-41)51-46-25-12-10-23-44(46)50(39-17-6-5-7-18-39)45-24-11-13-26-47(45)51/h3,5-34H,4H2,1-2H3/b35-3+,53-34?. The molecule has 8 aromatic carbocycles. The number of aliphatic imine (C=N–C) groups is 1. The summed E-state index contributed by atoms with van der Waals surface area (Å²) in [5.74, 6) is 0.685. The van der Waals surface area contributed by atoms with Crippen LogP contribution in [0.4, 0.5) is 0 Å². The number of aromatic nitrogens is 2. The fraction of sp³-hybridized carbons (Fsp3) is 0.0577. The molecule has 0 spiro atoms. The van der Waals surface area contributed by atoms with Crippen molar-refractivity contribution >= 4 is 44.1 Å². The molecule has 3 nitrogen and oxygen atoms in total. The summed E-state index contributed by atoms with van der Waals surface area (Å²) in [5, 5.41) is 7.23. The van der Waals surface area contributed by atoms with Gasteiger partial charge in [0.1, 0.15) is 0 Å². The molecule has 9 aromatic rings. The van der Waals surface area contributed by atoms with Crippen LogP contribution in [0.2, 0.25) is 0 Å². The van der Waals surface area contributed by atoms with Crippen LogP contribution >= 0.6 is 0 Å². The summed E-state index contributed by atoms with van der Waals surface area (Å²) >= 11 is 0. The van der Waals surface area contributed by atoms with E-state index in [-0.39, 0.29) is 0 Å². The monoisotopic (exact) mass is 705 g/mol. The SMILES string of the molecule is C/C=C(\C=NCC)c1ccc(-c2cc(-c3cccc4ccccc34)nc(-c3cccc(-c4c5ccccc5c(-c5ccccc5)c5ccccc45)c3)n2)cc1. The third kappa shape index (κ3) is 6.40. The average molecular weight is 706 g/mol. The number of benzene rings is 8. The molecular weight excluding hydrogens is 667 g/mol. The van der Waals surface area contributed by atoms with Crippen LogP contribution in [0.5, 0.6) is 0 Å². The zero-order valence-electron chi connectivity index (χ0n) is 30.9. The second-order valence-electron chi connectivity index (χ2n) is 13.7. The first-order valence-electron chi connectivity index (χ1n) is 18.9. The van der Waals surface area contributed by atoms with E-state index in [1.54, 1.807) is 0 Å². The molecule has 55 heavy (non-hydrogen) atoms. The van der Waals surface area contributed by atoms with Crippen molar-refractivity contribution in [2.75, 3.05) is 6.54 Å². The van der Waals surface area contributed by atoms with Gasteiger partial charge in [-0.15, -0.1) is 0 Å². The molecule has 0 radical (unpaired) electrons. The minimum absolute atomic E-state index is 0.685. The van der Waals surface area contributed by atoms with Crippen LogP contribution in [-0.4, -0.2) is 22.7 Å². The molecule has 9 rings (SSSR count). The minimum atomic E-state index is 0.685. The van der Waals surface area contributed by atoms with Crippen LogP contribution in [-0.2, 0) is 0 Å². The van der Waals surface area contributed by atoms with Crippen molar-refractivity contribution in [3.05, 3.63) is 188 Å². The Bertz CT molecular complexity index is 2840. The maximum Gasteiger partial charge on any atom is 0.160 e. The molecule has 0 aliphatic heterocycles. The molecule has 1 heterocycles. The van der Waals surface area contributed by atoms with Crippen LogP contribution in [0.25, 0.3) is 94.0 Å². The fourth-order valence-corrected chi connectivity index (χ4v) is 7.82. The van der Waals surface area contributed by atoms with Gasteiger partial charge in [0.25, 0.3) is 0 Å². The Labute approximate surface area is 322 Å². The molecular formula is C52H39N3. The third-order valence-electron chi connectivity index (χ3n) is 10.4. The van der Waals surface area contributed by atoms with Crippen molar-refractivity contribution in [1.82, 2.24) is 9.97 Å². The molecule has 0 atom stereocenters. The lowest BCUT2D eigenvalue weighted by Crippen LogP contribution is -1.97. The second kappa shape index (κ2) is 14.8. The van der Waals surface area contributed by atoms with Gasteiger partial charge in [-0.3, -0.25) is 4.99 Å². The summed E-state index contributed by atoms with van der Waals surface area (Å²) < 4.78 is 0. The van der Waals surface area contributed by atoms with E-state index in [1.165, 1.54) is 43.6 Å². The van der Waals surface area contributed by atoms with E-state index >= 15 is 0 Å². The zero-order valence-corrected chi connectivity index (χ0v) is 30.9. The summed E-state index contributed by atoms with van der Waals surface area (Å²) in [7, 11) is 0. The Morgan fingerprint density at radius 2 is 1.04 bits per heavy atom. The van der Waals surface area contributed by atoms with Gasteiger partial charge in [-0.25, -0.2) is 9.97 Å². The van der Waals surface area contributed by atoms with Gasteiger partial charge in [0, 0.05) is 29.4 Å². The molecule has 0 aliphatic carbocycles. The van der Waals surface area contributed by atoms with E-state index in [1.807, 2.05) is 6.21 Å². The fourth-order valence-electron chi connectivity index (χ4n) is 7.82. The molecule has 0 fully saturated rings. The molecule has 0 unspecified atom stereocenters. The lowest BCUT2D eigenvalue weighted by atomic mass is 9.85. The lowest BCUT2D eigenvalue weighted by molar-refractivity contribution is 1.14. The van der Waals surface area contributed by atoms with Gasteiger partial charge in [0.05, 0.1) is 11.4 Å². The van der Waals surface area contributed by atoms with Crippen LogP contribution in [0.3, 0.4) is 0 Å². The maximum absolute atomic E-state index is 5.32. The van der Waals surface area contributed by atoms with Gasteiger partial charge in [0.15, 0.2) is 5.82 Å². The molecule has 0 bridgehead atoms. The van der Waals surface area contributed by atoms with Crippen LogP contribution in [0, 0.1) is 0 Å². The first-order chi connectivity index (χ1) is 27.2. The van der Waals surface area contributed by atoms with Crippen molar-refractivity contribution in [2.24, 2.45) is 4.99 Å². The number of hydrogen-bond donors (Lipinski definition) is 0. The third-order valence-corrected chi connectivity index (χ3v) is 10.4. The van der Waals surface area contributed by atoms with Gasteiger partial charge in [0.2, 0.25) is 0 Å². The first kappa shape index (κ1) is 33.8.